The van der Waals surface area contributed by atoms with Crippen LogP contribution >= 0.6 is 0 Å². The second kappa shape index (κ2) is 10.5. The molecule has 7 heteroatoms. The van der Waals surface area contributed by atoms with E-state index in [0.717, 1.165) is 0 Å². The Morgan fingerprint density at radius 2 is 1.76 bits per heavy atom. The van der Waals surface area contributed by atoms with Crippen molar-refractivity contribution in [3.8, 4) is 11.5 Å². The van der Waals surface area contributed by atoms with Gasteiger partial charge in [-0.2, -0.15) is 0 Å². The summed E-state index contributed by atoms with van der Waals surface area (Å²) < 4.78 is 11.5. The van der Waals surface area contributed by atoms with Gasteiger partial charge < -0.3 is 24.4 Å². The van der Waals surface area contributed by atoms with E-state index in [4.69, 9.17) is 9.47 Å². The Kier molecular flexibility index (Phi) is 7.76. The number of aliphatic hydroxyl groups is 1. The summed E-state index contributed by atoms with van der Waals surface area (Å²) in [6, 6.07) is 13.4. The predicted octanol–water partition coefficient (Wildman–Crippen LogP) is 3.86. The molecular formula is C26H32N2O5. The first-order chi connectivity index (χ1) is 15.7. The Hall–Kier alpha value is -3.32. The van der Waals surface area contributed by atoms with Crippen LogP contribution in [0.25, 0.3) is 5.76 Å². The van der Waals surface area contributed by atoms with Gasteiger partial charge in [0.15, 0.2) is 0 Å². The Morgan fingerprint density at radius 3 is 2.36 bits per heavy atom. The van der Waals surface area contributed by atoms with Crippen LogP contribution in [0.3, 0.4) is 0 Å². The Bertz CT molecular complexity index is 1030. The number of benzene rings is 2. The minimum atomic E-state index is -0.758. The third-order valence-electron chi connectivity index (χ3n) is 5.34. The molecule has 2 aromatic rings. The highest BCUT2D eigenvalue weighted by molar-refractivity contribution is 6.46. The lowest BCUT2D eigenvalue weighted by Crippen LogP contribution is -2.35. The first-order valence-electron chi connectivity index (χ1n) is 11.2. The van der Waals surface area contributed by atoms with Gasteiger partial charge in [-0.1, -0.05) is 18.2 Å². The average Bonchev–Trinajstić information content (AvgIpc) is 3.02. The highest BCUT2D eigenvalue weighted by atomic mass is 16.5. The quantitative estimate of drug-likeness (QED) is 0.354. The van der Waals surface area contributed by atoms with Crippen molar-refractivity contribution >= 4 is 17.4 Å². The molecule has 1 N–H and O–H groups in total. The number of carbonyl (C=O) groups is 2. The summed E-state index contributed by atoms with van der Waals surface area (Å²) >= 11 is 0. The van der Waals surface area contributed by atoms with E-state index in [2.05, 4.69) is 0 Å². The number of likely N-dealkylation sites (N-methyl/N-ethyl adjacent to an activating group) is 1. The van der Waals surface area contributed by atoms with Crippen LogP contribution in [0, 0.1) is 0 Å². The zero-order valence-corrected chi connectivity index (χ0v) is 19.9. The zero-order valence-electron chi connectivity index (χ0n) is 19.9. The molecule has 0 radical (unpaired) electrons. The molecule has 33 heavy (non-hydrogen) atoms. The molecular weight excluding hydrogens is 420 g/mol. The molecule has 0 spiro atoms. The van der Waals surface area contributed by atoms with E-state index in [1.54, 1.807) is 24.3 Å². The van der Waals surface area contributed by atoms with Gasteiger partial charge in [-0.15, -0.1) is 0 Å². The van der Waals surface area contributed by atoms with Crippen molar-refractivity contribution in [2.45, 2.75) is 32.9 Å². The fourth-order valence-corrected chi connectivity index (χ4v) is 3.84. The molecule has 7 nitrogen and oxygen atoms in total. The van der Waals surface area contributed by atoms with E-state index >= 15 is 0 Å². The van der Waals surface area contributed by atoms with Crippen LogP contribution in [0.2, 0.25) is 0 Å². The molecule has 1 atom stereocenters. The minimum Gasteiger partial charge on any atom is -0.507 e. The summed E-state index contributed by atoms with van der Waals surface area (Å²) in [5.74, 6) is -0.314. The van der Waals surface area contributed by atoms with Gasteiger partial charge in [0.05, 0.1) is 24.3 Å². The number of hydrogen-bond donors (Lipinski definition) is 1. The van der Waals surface area contributed by atoms with Crippen LogP contribution in [0.5, 0.6) is 11.5 Å². The highest BCUT2D eigenvalue weighted by Gasteiger charge is 2.46. The number of carbonyl (C=O) groups excluding carboxylic acids is 2. The summed E-state index contributed by atoms with van der Waals surface area (Å²) in [6.45, 7) is 7.15. The van der Waals surface area contributed by atoms with Gasteiger partial charge >= 0.3 is 0 Å². The maximum atomic E-state index is 13.2. The highest BCUT2D eigenvalue weighted by Crippen LogP contribution is 2.42. The van der Waals surface area contributed by atoms with Gasteiger partial charge in [0.1, 0.15) is 17.3 Å². The van der Waals surface area contributed by atoms with Crippen molar-refractivity contribution in [2.24, 2.45) is 0 Å². The first-order valence-corrected chi connectivity index (χ1v) is 11.2. The van der Waals surface area contributed by atoms with Crippen molar-refractivity contribution in [1.29, 1.82) is 0 Å². The van der Waals surface area contributed by atoms with Gasteiger partial charge in [0.2, 0.25) is 0 Å². The van der Waals surface area contributed by atoms with E-state index in [0.29, 0.717) is 42.3 Å². The number of aliphatic hydroxyl groups excluding tert-OH is 1. The van der Waals surface area contributed by atoms with Crippen LogP contribution in [0.15, 0.2) is 54.1 Å². The van der Waals surface area contributed by atoms with Crippen LogP contribution in [0.1, 0.15) is 37.9 Å². The van der Waals surface area contributed by atoms with Gasteiger partial charge in [-0.3, -0.25) is 9.59 Å². The fraction of sp³-hybridized carbons (Fsp3) is 0.385. The lowest BCUT2D eigenvalue weighted by molar-refractivity contribution is -0.140. The third kappa shape index (κ3) is 5.37. The van der Waals surface area contributed by atoms with E-state index in [1.807, 2.05) is 64.0 Å². The molecule has 0 bridgehead atoms. The Morgan fingerprint density at radius 1 is 1.09 bits per heavy atom. The maximum absolute atomic E-state index is 13.2. The van der Waals surface area contributed by atoms with Crippen molar-refractivity contribution in [1.82, 2.24) is 9.80 Å². The molecule has 1 unspecified atom stereocenters. The number of hydrogen-bond acceptors (Lipinski definition) is 6. The lowest BCUT2D eigenvalue weighted by Gasteiger charge is -2.28. The summed E-state index contributed by atoms with van der Waals surface area (Å²) in [5, 5.41) is 11.2. The molecule has 176 valence electrons. The van der Waals surface area contributed by atoms with Crippen molar-refractivity contribution in [3.63, 3.8) is 0 Å². The largest absolute Gasteiger partial charge is 0.507 e. The molecule has 0 saturated carbocycles. The number of para-hydroxylation sites is 1. The number of ether oxygens (including phenoxy) is 2. The number of amides is 1. The van der Waals surface area contributed by atoms with Crippen molar-refractivity contribution in [3.05, 3.63) is 65.2 Å². The predicted molar refractivity (Wildman–Crippen MR) is 127 cm³/mol. The molecule has 1 aliphatic heterocycles. The fourth-order valence-electron chi connectivity index (χ4n) is 3.84. The number of nitrogens with zero attached hydrogens (tertiary/aromatic N) is 2. The van der Waals surface area contributed by atoms with E-state index in [9.17, 15) is 14.7 Å². The lowest BCUT2D eigenvalue weighted by atomic mass is 9.94. The summed E-state index contributed by atoms with van der Waals surface area (Å²) in [7, 11) is 3.81. The van der Waals surface area contributed by atoms with Gasteiger partial charge in [-0.25, -0.2) is 0 Å². The topological polar surface area (TPSA) is 79.3 Å². The summed E-state index contributed by atoms with van der Waals surface area (Å²) in [6.07, 6.45) is -0.0960. The third-order valence-corrected chi connectivity index (χ3v) is 5.34. The Balaban J connectivity index is 2.15. The minimum absolute atomic E-state index is 0.0581. The summed E-state index contributed by atoms with van der Waals surface area (Å²) in [5.41, 5.74) is 1.16. The van der Waals surface area contributed by atoms with Gasteiger partial charge in [-0.05, 0) is 65.2 Å². The molecule has 2 aromatic carbocycles. The molecule has 1 fully saturated rings. The first kappa shape index (κ1) is 24.3. The second-order valence-corrected chi connectivity index (χ2v) is 8.46. The molecule has 0 aromatic heterocycles. The van der Waals surface area contributed by atoms with Crippen molar-refractivity contribution in [2.75, 3.05) is 33.8 Å². The number of Topliss-reactive ketones (excluding diaryl/α,β-unsaturated/α-hetero) is 1. The smallest absolute Gasteiger partial charge is 0.295 e. The SMILES string of the molecule is CCOc1ccc(/C(O)=C2/C(=O)C(=O)N(CCN(C)C)C2c2ccccc2OC(C)C)cc1. The standard InChI is InChI=1S/C26H32N2O5/c1-6-32-19-13-11-18(12-14-19)24(29)22-23(20-9-7-8-10-21(20)33-17(2)3)28(16-15-27(4)5)26(31)25(22)30/h7-14,17,23,29H,6,15-16H2,1-5H3/b24-22-. The summed E-state index contributed by atoms with van der Waals surface area (Å²) in [4.78, 5) is 29.7. The number of ketones is 1. The van der Waals surface area contributed by atoms with Crippen LogP contribution in [-0.2, 0) is 9.59 Å². The molecule has 3 rings (SSSR count). The van der Waals surface area contributed by atoms with Gasteiger partial charge in [0, 0.05) is 24.2 Å². The molecule has 1 aliphatic rings. The molecule has 1 heterocycles. The Labute approximate surface area is 195 Å². The second-order valence-electron chi connectivity index (χ2n) is 8.46. The molecule has 1 saturated heterocycles. The normalized spacial score (nSPS) is 17.8. The monoisotopic (exact) mass is 452 g/mol. The molecule has 1 amide bonds. The van der Waals surface area contributed by atoms with E-state index in [1.165, 1.54) is 4.90 Å². The zero-order chi connectivity index (χ0) is 24.1. The van der Waals surface area contributed by atoms with Crippen LogP contribution < -0.4 is 9.47 Å². The number of rotatable bonds is 9. The maximum Gasteiger partial charge on any atom is 0.295 e. The van der Waals surface area contributed by atoms with E-state index < -0.39 is 17.7 Å². The average molecular weight is 453 g/mol. The van der Waals surface area contributed by atoms with E-state index in [-0.39, 0.29) is 17.4 Å². The van der Waals surface area contributed by atoms with Crippen LogP contribution in [-0.4, -0.2) is 66.5 Å². The van der Waals surface area contributed by atoms with Gasteiger partial charge in [0.25, 0.3) is 11.7 Å². The molecule has 0 aliphatic carbocycles. The number of likely N-dealkylation sites (tertiary alicyclic amines) is 1. The van der Waals surface area contributed by atoms with Crippen molar-refractivity contribution < 1.29 is 24.2 Å². The van der Waals surface area contributed by atoms with Crippen LogP contribution in [0.4, 0.5) is 0 Å².